The molecule has 3 aromatic rings. The van der Waals surface area contributed by atoms with E-state index < -0.39 is 18.1 Å². The topological polar surface area (TPSA) is 43.9 Å². The van der Waals surface area contributed by atoms with Crippen LogP contribution in [0.25, 0.3) is 22.6 Å². The van der Waals surface area contributed by atoms with Crippen molar-refractivity contribution in [3.8, 4) is 11.5 Å². The van der Waals surface area contributed by atoms with Crippen LogP contribution in [0.4, 0.5) is 13.2 Å². The second kappa shape index (κ2) is 5.11. The molecule has 0 amide bonds. The lowest BCUT2D eigenvalue weighted by Crippen LogP contribution is -2.19. The summed E-state index contributed by atoms with van der Waals surface area (Å²) in [6.45, 7) is 4.61. The number of imidazole rings is 1. The molecule has 1 aromatic carbocycles. The molecule has 0 radical (unpaired) electrons. The van der Waals surface area contributed by atoms with Gasteiger partial charge in [-0.25, -0.2) is 9.97 Å². The van der Waals surface area contributed by atoms with Gasteiger partial charge in [-0.3, -0.25) is 0 Å². The fourth-order valence-corrected chi connectivity index (χ4v) is 2.53. The number of rotatable bonds is 2. The van der Waals surface area contributed by atoms with E-state index in [-0.39, 0.29) is 5.82 Å². The molecule has 0 fully saturated rings. The first-order valence-electron chi connectivity index (χ1n) is 7.13. The van der Waals surface area contributed by atoms with E-state index in [0.717, 1.165) is 4.57 Å². The molecule has 23 heavy (non-hydrogen) atoms. The van der Waals surface area contributed by atoms with E-state index in [2.05, 4.69) is 9.97 Å². The summed E-state index contributed by atoms with van der Waals surface area (Å²) in [4.78, 5) is 8.48. The average Bonchev–Trinajstić information content (AvgIpc) is 3.01. The predicted molar refractivity (Wildman–Crippen MR) is 80.0 cm³/mol. The van der Waals surface area contributed by atoms with Crippen molar-refractivity contribution in [1.29, 1.82) is 0 Å². The third kappa shape index (κ3) is 2.95. The van der Waals surface area contributed by atoms with Crippen molar-refractivity contribution >= 4 is 11.0 Å². The fraction of sp³-hybridized carbons (Fsp3) is 0.375. The molecule has 0 atom stereocenters. The summed E-state index contributed by atoms with van der Waals surface area (Å²) in [5, 5.41) is 0. The summed E-state index contributed by atoms with van der Waals surface area (Å²) >= 11 is 0. The molecule has 122 valence electrons. The SMILES string of the molecule is CC(C)(C)c1ocnc1-c1nc2ccccc2n1CC(F)(F)F. The Kier molecular flexibility index (Phi) is 3.46. The molecule has 0 aliphatic rings. The summed E-state index contributed by atoms with van der Waals surface area (Å²) < 4.78 is 45.6. The maximum absolute atomic E-state index is 13.0. The number of benzene rings is 1. The Morgan fingerprint density at radius 2 is 1.83 bits per heavy atom. The molecule has 0 N–H and O–H groups in total. The van der Waals surface area contributed by atoms with Gasteiger partial charge in [0.15, 0.2) is 12.2 Å². The zero-order chi connectivity index (χ0) is 16.8. The number of alkyl halides is 3. The lowest BCUT2D eigenvalue weighted by Gasteiger charge is -2.17. The van der Waals surface area contributed by atoms with Crippen molar-refractivity contribution in [2.24, 2.45) is 0 Å². The standard InChI is InChI=1S/C16H16F3N3O/c1-15(2,3)13-12(20-9-23-13)14-21-10-6-4-5-7-11(10)22(14)8-16(17,18)19/h4-7,9H,8H2,1-3H3. The van der Waals surface area contributed by atoms with Crippen molar-refractivity contribution in [1.82, 2.24) is 14.5 Å². The van der Waals surface area contributed by atoms with E-state index in [9.17, 15) is 13.2 Å². The van der Waals surface area contributed by atoms with Crippen LogP contribution < -0.4 is 0 Å². The number of oxazole rings is 1. The minimum absolute atomic E-state index is 0.169. The van der Waals surface area contributed by atoms with Gasteiger partial charge in [-0.05, 0) is 12.1 Å². The quantitative estimate of drug-likeness (QED) is 0.695. The molecule has 0 bridgehead atoms. The van der Waals surface area contributed by atoms with Crippen molar-refractivity contribution in [2.75, 3.05) is 0 Å². The monoisotopic (exact) mass is 323 g/mol. The van der Waals surface area contributed by atoms with Crippen LogP contribution in [0.5, 0.6) is 0 Å². The Morgan fingerprint density at radius 3 is 2.48 bits per heavy atom. The lowest BCUT2D eigenvalue weighted by molar-refractivity contribution is -0.139. The minimum atomic E-state index is -4.36. The molecule has 2 aromatic heterocycles. The molecule has 0 saturated carbocycles. The fourth-order valence-electron chi connectivity index (χ4n) is 2.53. The van der Waals surface area contributed by atoms with Gasteiger partial charge < -0.3 is 8.98 Å². The molecule has 4 nitrogen and oxygen atoms in total. The minimum Gasteiger partial charge on any atom is -0.447 e. The van der Waals surface area contributed by atoms with Crippen LogP contribution in [0.2, 0.25) is 0 Å². The van der Waals surface area contributed by atoms with Crippen molar-refractivity contribution in [3.05, 3.63) is 36.4 Å². The van der Waals surface area contributed by atoms with Crippen LogP contribution in [-0.2, 0) is 12.0 Å². The molecule has 7 heteroatoms. The van der Waals surface area contributed by atoms with Gasteiger partial charge in [-0.2, -0.15) is 13.2 Å². The maximum atomic E-state index is 13.0. The van der Waals surface area contributed by atoms with Crippen molar-refractivity contribution < 1.29 is 17.6 Å². The molecule has 0 spiro atoms. The van der Waals surface area contributed by atoms with Crippen LogP contribution in [0, 0.1) is 0 Å². The van der Waals surface area contributed by atoms with E-state index in [0.29, 0.717) is 22.5 Å². The van der Waals surface area contributed by atoms with Crippen molar-refractivity contribution in [2.45, 2.75) is 38.9 Å². The van der Waals surface area contributed by atoms with Crippen LogP contribution in [-0.4, -0.2) is 20.7 Å². The lowest BCUT2D eigenvalue weighted by atomic mass is 9.91. The predicted octanol–water partition coefficient (Wildman–Crippen LogP) is 4.55. The Morgan fingerprint density at radius 1 is 1.13 bits per heavy atom. The molecule has 0 saturated heterocycles. The Bertz CT molecular complexity index is 840. The average molecular weight is 323 g/mol. The van der Waals surface area contributed by atoms with Crippen LogP contribution in [0.15, 0.2) is 35.1 Å². The summed E-state index contributed by atoms with van der Waals surface area (Å²) in [5.74, 6) is 0.679. The normalized spacial score (nSPS) is 13.0. The maximum Gasteiger partial charge on any atom is 0.406 e. The van der Waals surface area contributed by atoms with E-state index >= 15 is 0 Å². The second-order valence-electron chi connectivity index (χ2n) is 6.41. The number of aromatic nitrogens is 3. The van der Waals surface area contributed by atoms with Crippen LogP contribution in [0.1, 0.15) is 26.5 Å². The van der Waals surface area contributed by atoms with Crippen LogP contribution in [0.3, 0.4) is 0 Å². The zero-order valence-electron chi connectivity index (χ0n) is 13.0. The molecule has 0 aliphatic carbocycles. The number of hydrogen-bond donors (Lipinski definition) is 0. The highest BCUT2D eigenvalue weighted by atomic mass is 19.4. The van der Waals surface area contributed by atoms with E-state index in [1.807, 2.05) is 20.8 Å². The molecule has 3 rings (SSSR count). The summed E-state index contributed by atoms with van der Waals surface area (Å²) in [7, 11) is 0. The molecular formula is C16H16F3N3O. The number of halogens is 3. The number of para-hydroxylation sites is 2. The van der Waals surface area contributed by atoms with Crippen LogP contribution >= 0.6 is 0 Å². The molecule has 0 unspecified atom stereocenters. The van der Waals surface area contributed by atoms with Gasteiger partial charge in [-0.1, -0.05) is 32.9 Å². The third-order valence-electron chi connectivity index (χ3n) is 3.45. The zero-order valence-corrected chi connectivity index (χ0v) is 13.0. The Labute approximate surface area is 131 Å². The Balaban J connectivity index is 2.26. The van der Waals surface area contributed by atoms with Gasteiger partial charge in [0.25, 0.3) is 0 Å². The summed E-state index contributed by atoms with van der Waals surface area (Å²) in [6.07, 6.45) is -3.11. The highest BCUT2D eigenvalue weighted by Crippen LogP contribution is 2.34. The summed E-state index contributed by atoms with van der Waals surface area (Å²) in [6, 6.07) is 6.73. The first-order valence-corrected chi connectivity index (χ1v) is 7.13. The number of hydrogen-bond acceptors (Lipinski definition) is 3. The van der Waals surface area contributed by atoms with E-state index in [1.165, 1.54) is 6.39 Å². The summed E-state index contributed by atoms with van der Waals surface area (Å²) in [5.41, 5.74) is 0.864. The highest BCUT2D eigenvalue weighted by molar-refractivity contribution is 5.80. The molecule has 0 aliphatic heterocycles. The number of nitrogens with zero attached hydrogens (tertiary/aromatic N) is 3. The van der Waals surface area contributed by atoms with Gasteiger partial charge in [-0.15, -0.1) is 0 Å². The highest BCUT2D eigenvalue weighted by Gasteiger charge is 2.33. The van der Waals surface area contributed by atoms with Crippen molar-refractivity contribution in [3.63, 3.8) is 0 Å². The third-order valence-corrected chi connectivity index (χ3v) is 3.45. The van der Waals surface area contributed by atoms with Gasteiger partial charge in [0.05, 0.1) is 11.0 Å². The molecule has 2 heterocycles. The van der Waals surface area contributed by atoms with Gasteiger partial charge in [0, 0.05) is 5.41 Å². The van der Waals surface area contributed by atoms with Gasteiger partial charge >= 0.3 is 6.18 Å². The van der Waals surface area contributed by atoms with E-state index in [1.54, 1.807) is 24.3 Å². The smallest absolute Gasteiger partial charge is 0.406 e. The Hall–Kier alpha value is -2.31. The first-order chi connectivity index (χ1) is 10.7. The molecular weight excluding hydrogens is 307 g/mol. The van der Waals surface area contributed by atoms with E-state index in [4.69, 9.17) is 4.42 Å². The largest absolute Gasteiger partial charge is 0.447 e. The number of fused-ring (bicyclic) bond motifs is 1. The van der Waals surface area contributed by atoms with Gasteiger partial charge in [0.1, 0.15) is 18.0 Å². The first kappa shape index (κ1) is 15.6. The van der Waals surface area contributed by atoms with Gasteiger partial charge in [0.2, 0.25) is 0 Å². The second-order valence-corrected chi connectivity index (χ2v) is 6.41.